The molecule has 0 aliphatic carbocycles. The molecular weight excluding hydrogens is 242 g/mol. The first kappa shape index (κ1) is 13.6. The van der Waals surface area contributed by atoms with Crippen LogP contribution in [-0.4, -0.2) is 28.5 Å². The van der Waals surface area contributed by atoms with E-state index >= 15 is 0 Å². The van der Waals surface area contributed by atoms with Crippen molar-refractivity contribution in [3.05, 3.63) is 39.9 Å². The minimum Gasteiger partial charge on any atom is -0.352 e. The molecule has 1 aromatic rings. The standard InChI is InChI=1S/C10H11N3O5/c14-9(12-16)4-5-11-10(15)7-2-1-3-8(6-7)13(17)18/h1-3,6,16H,4-5H2,(H,11,15)(H,12,14). The lowest BCUT2D eigenvalue weighted by Gasteiger charge is -2.04. The molecule has 0 spiro atoms. The van der Waals surface area contributed by atoms with E-state index in [2.05, 4.69) is 5.32 Å². The van der Waals surface area contributed by atoms with E-state index in [4.69, 9.17) is 5.21 Å². The molecule has 0 unspecified atom stereocenters. The maximum Gasteiger partial charge on any atom is 0.270 e. The average Bonchev–Trinajstić information content (AvgIpc) is 2.38. The number of hydrogen-bond acceptors (Lipinski definition) is 5. The lowest BCUT2D eigenvalue weighted by Crippen LogP contribution is -2.29. The molecule has 8 nitrogen and oxygen atoms in total. The summed E-state index contributed by atoms with van der Waals surface area (Å²) in [5.41, 5.74) is 1.37. The lowest BCUT2D eigenvalue weighted by atomic mass is 10.2. The number of benzene rings is 1. The maximum absolute atomic E-state index is 11.6. The highest BCUT2D eigenvalue weighted by molar-refractivity contribution is 5.95. The van der Waals surface area contributed by atoms with Gasteiger partial charge in [-0.2, -0.15) is 0 Å². The van der Waals surface area contributed by atoms with E-state index < -0.39 is 16.7 Å². The monoisotopic (exact) mass is 253 g/mol. The Morgan fingerprint density at radius 3 is 2.72 bits per heavy atom. The molecule has 2 amide bonds. The highest BCUT2D eigenvalue weighted by Gasteiger charge is 2.11. The Morgan fingerprint density at radius 1 is 1.39 bits per heavy atom. The molecular formula is C10H11N3O5. The molecule has 0 aliphatic heterocycles. The van der Waals surface area contributed by atoms with Gasteiger partial charge in [0.05, 0.1) is 4.92 Å². The molecule has 0 radical (unpaired) electrons. The molecule has 0 aromatic heterocycles. The van der Waals surface area contributed by atoms with Gasteiger partial charge in [0, 0.05) is 30.7 Å². The van der Waals surface area contributed by atoms with Crippen LogP contribution in [0.3, 0.4) is 0 Å². The van der Waals surface area contributed by atoms with Crippen molar-refractivity contribution in [2.75, 3.05) is 6.54 Å². The number of amides is 2. The fraction of sp³-hybridized carbons (Fsp3) is 0.200. The Kier molecular flexibility index (Phi) is 4.76. The number of nitrogens with zero attached hydrogens (tertiary/aromatic N) is 1. The van der Waals surface area contributed by atoms with Gasteiger partial charge >= 0.3 is 0 Å². The van der Waals surface area contributed by atoms with Crippen molar-refractivity contribution < 1.29 is 19.7 Å². The van der Waals surface area contributed by atoms with Crippen molar-refractivity contribution in [3.8, 4) is 0 Å². The number of rotatable bonds is 5. The first-order chi connectivity index (χ1) is 8.54. The Hall–Kier alpha value is -2.48. The molecule has 0 saturated carbocycles. The summed E-state index contributed by atoms with van der Waals surface area (Å²) in [6.45, 7) is 0.0217. The van der Waals surface area contributed by atoms with Crippen molar-refractivity contribution in [1.29, 1.82) is 0 Å². The second kappa shape index (κ2) is 6.30. The van der Waals surface area contributed by atoms with Gasteiger partial charge < -0.3 is 5.32 Å². The molecule has 8 heteroatoms. The fourth-order valence-corrected chi connectivity index (χ4v) is 1.21. The number of nitro groups is 1. The predicted molar refractivity (Wildman–Crippen MR) is 60.0 cm³/mol. The third-order valence-corrected chi connectivity index (χ3v) is 2.08. The summed E-state index contributed by atoms with van der Waals surface area (Å²) in [5, 5.41) is 21.1. The van der Waals surface area contributed by atoms with Crippen LogP contribution in [0, 0.1) is 10.1 Å². The average molecular weight is 253 g/mol. The van der Waals surface area contributed by atoms with Gasteiger partial charge in [0.25, 0.3) is 11.6 Å². The largest absolute Gasteiger partial charge is 0.352 e. The summed E-state index contributed by atoms with van der Waals surface area (Å²) in [4.78, 5) is 32.1. The number of nitro benzene ring substituents is 1. The van der Waals surface area contributed by atoms with Crippen molar-refractivity contribution in [2.45, 2.75) is 6.42 Å². The molecule has 0 fully saturated rings. The molecule has 0 atom stereocenters. The van der Waals surface area contributed by atoms with E-state index in [9.17, 15) is 19.7 Å². The minimum atomic E-state index is -0.630. The van der Waals surface area contributed by atoms with Crippen LogP contribution in [-0.2, 0) is 4.79 Å². The number of nitrogens with one attached hydrogen (secondary N) is 2. The van der Waals surface area contributed by atoms with Crippen LogP contribution in [0.25, 0.3) is 0 Å². The third kappa shape index (κ3) is 3.83. The Morgan fingerprint density at radius 2 is 2.11 bits per heavy atom. The zero-order valence-corrected chi connectivity index (χ0v) is 9.25. The maximum atomic E-state index is 11.6. The van der Waals surface area contributed by atoms with Crippen LogP contribution in [0.4, 0.5) is 5.69 Å². The number of hydroxylamine groups is 1. The van der Waals surface area contributed by atoms with Crippen LogP contribution in [0.15, 0.2) is 24.3 Å². The Labute approximate surface area is 102 Å². The fourth-order valence-electron chi connectivity index (χ4n) is 1.21. The molecule has 3 N–H and O–H groups in total. The van der Waals surface area contributed by atoms with E-state index in [1.807, 2.05) is 0 Å². The van der Waals surface area contributed by atoms with Gasteiger partial charge in [0.2, 0.25) is 5.91 Å². The lowest BCUT2D eigenvalue weighted by molar-refractivity contribution is -0.384. The quantitative estimate of drug-likeness (QED) is 0.393. The van der Waals surface area contributed by atoms with Crippen molar-refractivity contribution >= 4 is 17.5 Å². The van der Waals surface area contributed by atoms with Gasteiger partial charge in [-0.05, 0) is 6.07 Å². The molecule has 0 aliphatic rings. The Balaban J connectivity index is 2.59. The van der Waals surface area contributed by atoms with Gasteiger partial charge in [0.1, 0.15) is 0 Å². The molecule has 0 bridgehead atoms. The van der Waals surface area contributed by atoms with E-state index in [1.165, 1.54) is 23.7 Å². The summed E-state index contributed by atoms with van der Waals surface area (Å²) in [6.07, 6.45) is -0.0861. The molecule has 0 saturated heterocycles. The molecule has 0 heterocycles. The SMILES string of the molecule is O=C(CCNC(=O)c1cccc([N+](=O)[O-])c1)NO. The molecule has 18 heavy (non-hydrogen) atoms. The van der Waals surface area contributed by atoms with Crippen molar-refractivity contribution in [1.82, 2.24) is 10.8 Å². The smallest absolute Gasteiger partial charge is 0.270 e. The number of carbonyl (C=O) groups is 2. The molecule has 1 aromatic carbocycles. The van der Waals surface area contributed by atoms with E-state index in [0.717, 1.165) is 6.07 Å². The second-order valence-corrected chi connectivity index (χ2v) is 3.35. The first-order valence-electron chi connectivity index (χ1n) is 5.00. The van der Waals surface area contributed by atoms with Gasteiger partial charge in [-0.15, -0.1) is 0 Å². The summed E-state index contributed by atoms with van der Waals surface area (Å²) >= 11 is 0. The third-order valence-electron chi connectivity index (χ3n) is 2.08. The number of non-ortho nitro benzene ring substituents is 1. The highest BCUT2D eigenvalue weighted by atomic mass is 16.6. The van der Waals surface area contributed by atoms with Gasteiger partial charge in [-0.25, -0.2) is 5.48 Å². The summed E-state index contributed by atoms with van der Waals surface area (Å²) in [6, 6.07) is 5.24. The summed E-state index contributed by atoms with van der Waals surface area (Å²) < 4.78 is 0. The number of carbonyl (C=O) groups excluding carboxylic acids is 2. The van der Waals surface area contributed by atoms with Crippen LogP contribution < -0.4 is 10.8 Å². The van der Waals surface area contributed by atoms with Crippen LogP contribution in [0.1, 0.15) is 16.8 Å². The van der Waals surface area contributed by atoms with Crippen molar-refractivity contribution in [2.24, 2.45) is 0 Å². The van der Waals surface area contributed by atoms with Gasteiger partial charge in [-0.3, -0.25) is 24.9 Å². The second-order valence-electron chi connectivity index (χ2n) is 3.35. The van der Waals surface area contributed by atoms with Crippen molar-refractivity contribution in [3.63, 3.8) is 0 Å². The van der Waals surface area contributed by atoms with E-state index in [0.29, 0.717) is 0 Å². The molecule has 96 valence electrons. The predicted octanol–water partition coefficient (Wildman–Crippen LogP) is 0.220. The van der Waals surface area contributed by atoms with Crippen LogP contribution in [0.5, 0.6) is 0 Å². The van der Waals surface area contributed by atoms with Crippen LogP contribution >= 0.6 is 0 Å². The normalized spacial score (nSPS) is 9.61. The van der Waals surface area contributed by atoms with Crippen LogP contribution in [0.2, 0.25) is 0 Å². The minimum absolute atomic E-state index is 0.0217. The summed E-state index contributed by atoms with van der Waals surface area (Å²) in [7, 11) is 0. The zero-order chi connectivity index (χ0) is 13.5. The molecule has 1 rings (SSSR count). The first-order valence-corrected chi connectivity index (χ1v) is 5.00. The summed E-state index contributed by atoms with van der Waals surface area (Å²) in [5.74, 6) is -1.15. The van der Waals surface area contributed by atoms with E-state index in [-0.39, 0.29) is 24.2 Å². The van der Waals surface area contributed by atoms with Gasteiger partial charge in [-0.1, -0.05) is 6.07 Å². The topological polar surface area (TPSA) is 122 Å². The Bertz CT molecular complexity index is 474. The zero-order valence-electron chi connectivity index (χ0n) is 9.25. The highest BCUT2D eigenvalue weighted by Crippen LogP contribution is 2.12. The van der Waals surface area contributed by atoms with E-state index in [1.54, 1.807) is 0 Å². The number of hydrogen-bond donors (Lipinski definition) is 3. The van der Waals surface area contributed by atoms with Gasteiger partial charge in [0.15, 0.2) is 0 Å².